The normalized spacial score (nSPS) is 28.9. The van der Waals surface area contributed by atoms with E-state index in [1.807, 2.05) is 6.08 Å². The summed E-state index contributed by atoms with van der Waals surface area (Å²) in [6, 6.07) is -0.986. The van der Waals surface area contributed by atoms with Crippen molar-refractivity contribution in [2.45, 2.75) is 369 Å². The van der Waals surface area contributed by atoms with Crippen molar-refractivity contribution in [1.82, 2.24) is 5.32 Å². The third kappa shape index (κ3) is 32.0. The summed E-state index contributed by atoms with van der Waals surface area (Å²) < 4.78 is 34.3. The SMILES string of the molecule is CCCCCCCCCCCCCCCCCCCCC/C=C/CC/C=C/C(O)C(COC1OC(CO)C(OC2OC(CO)C(OC3OC(CO)C(O)C(O)C3O)C(O)C2O)C(O)C1O)NC(=O)CCCCCCCCCCCCCCCCCC. The van der Waals surface area contributed by atoms with Crippen LogP contribution in [0.5, 0.6) is 0 Å². The second-order valence-electron chi connectivity index (χ2n) is 25.0. The van der Waals surface area contributed by atoms with E-state index in [2.05, 4.69) is 31.3 Å². The van der Waals surface area contributed by atoms with Gasteiger partial charge in [0.25, 0.3) is 0 Å². The van der Waals surface area contributed by atoms with Crippen LogP contribution in [0, 0.1) is 0 Å². The van der Waals surface area contributed by atoms with Crippen LogP contribution in [0.25, 0.3) is 0 Å². The van der Waals surface area contributed by atoms with Gasteiger partial charge in [0.2, 0.25) is 5.91 Å². The molecule has 19 nitrogen and oxygen atoms in total. The molecular weight excluding hydrogens is 1110 g/mol. The van der Waals surface area contributed by atoms with Crippen LogP contribution >= 0.6 is 0 Å². The first-order valence-corrected chi connectivity index (χ1v) is 34.6. The first kappa shape index (κ1) is 78.5. The van der Waals surface area contributed by atoms with Gasteiger partial charge in [0.15, 0.2) is 18.9 Å². The lowest BCUT2D eigenvalue weighted by atomic mass is 9.96. The van der Waals surface area contributed by atoms with Crippen molar-refractivity contribution in [3.05, 3.63) is 24.3 Å². The second-order valence-corrected chi connectivity index (χ2v) is 25.0. The molecule has 0 saturated carbocycles. The Morgan fingerprint density at radius 1 is 0.407 bits per heavy atom. The number of carbonyl (C=O) groups is 1. The van der Waals surface area contributed by atoms with Gasteiger partial charge in [-0.25, -0.2) is 0 Å². The van der Waals surface area contributed by atoms with Gasteiger partial charge in [-0.05, 0) is 32.1 Å². The molecule has 0 bridgehead atoms. The molecule has 3 heterocycles. The Labute approximate surface area is 518 Å². The highest BCUT2D eigenvalue weighted by Crippen LogP contribution is 2.33. The van der Waals surface area contributed by atoms with Gasteiger partial charge in [-0.1, -0.05) is 250 Å². The maximum atomic E-state index is 13.4. The Morgan fingerprint density at radius 2 is 0.744 bits per heavy atom. The molecule has 17 atom stereocenters. The van der Waals surface area contributed by atoms with E-state index in [0.29, 0.717) is 12.8 Å². The fraction of sp³-hybridized carbons (Fsp3) is 0.925. The molecule has 1 amide bonds. The summed E-state index contributed by atoms with van der Waals surface area (Å²) in [5.41, 5.74) is 0. The first-order chi connectivity index (χ1) is 41.8. The molecule has 3 rings (SSSR count). The highest BCUT2D eigenvalue weighted by Gasteiger charge is 2.53. The number of hydrogen-bond acceptors (Lipinski definition) is 18. The van der Waals surface area contributed by atoms with E-state index in [0.717, 1.165) is 38.5 Å². The van der Waals surface area contributed by atoms with Crippen LogP contribution in [0.3, 0.4) is 0 Å². The zero-order chi connectivity index (χ0) is 62.6. The molecular formula is C67H125NO18. The quantitative estimate of drug-likeness (QED) is 0.0200. The molecule has 3 aliphatic rings. The van der Waals surface area contributed by atoms with Crippen LogP contribution in [0.15, 0.2) is 24.3 Å². The zero-order valence-corrected chi connectivity index (χ0v) is 53.3. The number of allylic oxidation sites excluding steroid dienone is 3. The lowest BCUT2D eigenvalue weighted by Crippen LogP contribution is -2.66. The van der Waals surface area contributed by atoms with Crippen molar-refractivity contribution < 1.29 is 89.4 Å². The molecule has 3 aliphatic heterocycles. The third-order valence-electron chi connectivity index (χ3n) is 17.5. The lowest BCUT2D eigenvalue weighted by molar-refractivity contribution is -0.379. The van der Waals surface area contributed by atoms with Crippen LogP contribution in [0.1, 0.15) is 264 Å². The van der Waals surface area contributed by atoms with Crippen molar-refractivity contribution in [2.24, 2.45) is 0 Å². The molecule has 0 spiro atoms. The van der Waals surface area contributed by atoms with E-state index >= 15 is 0 Å². The fourth-order valence-corrected chi connectivity index (χ4v) is 11.9. The summed E-state index contributed by atoms with van der Waals surface area (Å²) in [7, 11) is 0. The fourth-order valence-electron chi connectivity index (χ4n) is 11.9. The Bertz CT molecular complexity index is 1660. The number of hydrogen-bond donors (Lipinski definition) is 12. The van der Waals surface area contributed by atoms with Gasteiger partial charge in [-0.15, -0.1) is 0 Å². The topological polar surface area (TPSA) is 307 Å². The third-order valence-corrected chi connectivity index (χ3v) is 17.5. The van der Waals surface area contributed by atoms with Crippen LogP contribution in [0.4, 0.5) is 0 Å². The van der Waals surface area contributed by atoms with Crippen molar-refractivity contribution in [2.75, 3.05) is 26.4 Å². The minimum Gasteiger partial charge on any atom is -0.394 e. The number of nitrogens with one attached hydrogen (secondary N) is 1. The molecule has 12 N–H and O–H groups in total. The van der Waals surface area contributed by atoms with Crippen LogP contribution in [-0.4, -0.2) is 193 Å². The second kappa shape index (κ2) is 49.9. The van der Waals surface area contributed by atoms with Crippen LogP contribution in [-0.2, 0) is 33.2 Å². The molecule has 0 radical (unpaired) electrons. The van der Waals surface area contributed by atoms with Gasteiger partial charge < -0.3 is 89.9 Å². The maximum absolute atomic E-state index is 13.4. The number of aliphatic hydroxyl groups is 11. The van der Waals surface area contributed by atoms with Gasteiger partial charge in [0.1, 0.15) is 73.2 Å². The van der Waals surface area contributed by atoms with E-state index in [-0.39, 0.29) is 18.9 Å². The number of unbranched alkanes of at least 4 members (excludes halogenated alkanes) is 35. The van der Waals surface area contributed by atoms with Gasteiger partial charge in [-0.3, -0.25) is 4.79 Å². The largest absolute Gasteiger partial charge is 0.394 e. The Morgan fingerprint density at radius 3 is 1.16 bits per heavy atom. The number of ether oxygens (including phenoxy) is 6. The van der Waals surface area contributed by atoms with Crippen molar-refractivity contribution in [3.8, 4) is 0 Å². The van der Waals surface area contributed by atoms with Gasteiger partial charge in [0.05, 0.1) is 38.6 Å². The van der Waals surface area contributed by atoms with Crippen molar-refractivity contribution >= 4 is 5.91 Å². The lowest BCUT2D eigenvalue weighted by Gasteiger charge is -2.48. The standard InChI is InChI=1S/C67H125NO18/c1-3-5-7-9-11-13-15-17-19-21-22-23-24-25-26-27-28-29-30-32-34-36-38-40-42-44-51(72)50(68-55(73)45-43-41-39-37-35-33-31-20-18-16-14-12-10-8-6-4-2)49-81-65-61(79)58(76)63(53(47-70)83-65)86-67-62(80)59(77)64(54(48-71)84-67)85-66-60(78)57(75)56(74)52(46-69)82-66/h34,36,42,44,50-54,56-67,69-72,74-80H,3-33,35,37-41,43,45-49H2,1-2H3,(H,68,73)/b36-34+,44-42+. The Balaban J connectivity index is 1.45. The Kier molecular flexibility index (Phi) is 45.6. The maximum Gasteiger partial charge on any atom is 0.220 e. The predicted molar refractivity (Wildman–Crippen MR) is 333 cm³/mol. The van der Waals surface area contributed by atoms with E-state index in [9.17, 15) is 61.0 Å². The van der Waals surface area contributed by atoms with Crippen LogP contribution < -0.4 is 5.32 Å². The molecule has 0 aromatic rings. The molecule has 0 aliphatic carbocycles. The van der Waals surface area contributed by atoms with Crippen LogP contribution in [0.2, 0.25) is 0 Å². The summed E-state index contributed by atoms with van der Waals surface area (Å²) in [5.74, 6) is -0.281. The molecule has 19 heteroatoms. The molecule has 17 unspecified atom stereocenters. The predicted octanol–water partition coefficient (Wildman–Crippen LogP) is 8.66. The number of carbonyl (C=O) groups excluding carboxylic acids is 1. The Hall–Kier alpha value is -1.73. The smallest absolute Gasteiger partial charge is 0.220 e. The van der Waals surface area contributed by atoms with Gasteiger partial charge >= 0.3 is 0 Å². The molecule has 86 heavy (non-hydrogen) atoms. The summed E-state index contributed by atoms with van der Waals surface area (Å²) in [6.07, 6.45) is 28.8. The average molecular weight is 1230 g/mol. The minimum absolute atomic E-state index is 0.240. The zero-order valence-electron chi connectivity index (χ0n) is 53.3. The summed E-state index contributed by atoms with van der Waals surface area (Å²) in [5, 5.41) is 120. The summed E-state index contributed by atoms with van der Waals surface area (Å²) >= 11 is 0. The molecule has 3 saturated heterocycles. The molecule has 3 fully saturated rings. The number of rotatable bonds is 53. The van der Waals surface area contributed by atoms with Gasteiger partial charge in [0, 0.05) is 6.42 Å². The number of aliphatic hydroxyl groups excluding tert-OH is 11. The molecule has 0 aromatic carbocycles. The average Bonchev–Trinajstić information content (AvgIpc) is 1.95. The highest BCUT2D eigenvalue weighted by atomic mass is 16.8. The van der Waals surface area contributed by atoms with E-state index in [1.165, 1.54) is 193 Å². The van der Waals surface area contributed by atoms with Crippen molar-refractivity contribution in [1.29, 1.82) is 0 Å². The highest BCUT2D eigenvalue weighted by molar-refractivity contribution is 5.76. The van der Waals surface area contributed by atoms with Gasteiger partial charge in [-0.2, -0.15) is 0 Å². The van der Waals surface area contributed by atoms with E-state index < -0.39 is 124 Å². The van der Waals surface area contributed by atoms with E-state index in [1.54, 1.807) is 6.08 Å². The first-order valence-electron chi connectivity index (χ1n) is 34.6. The number of amides is 1. The monoisotopic (exact) mass is 1230 g/mol. The van der Waals surface area contributed by atoms with E-state index in [4.69, 9.17) is 28.4 Å². The summed E-state index contributed by atoms with van der Waals surface area (Å²) in [4.78, 5) is 13.4. The molecule has 506 valence electrons. The summed E-state index contributed by atoms with van der Waals surface area (Å²) in [6.45, 7) is 1.74. The molecule has 0 aromatic heterocycles. The minimum atomic E-state index is -1.98. The van der Waals surface area contributed by atoms with Crippen molar-refractivity contribution in [3.63, 3.8) is 0 Å².